The third-order valence-corrected chi connectivity index (χ3v) is 6.45. The lowest BCUT2D eigenvalue weighted by Gasteiger charge is -2.31. The summed E-state index contributed by atoms with van der Waals surface area (Å²) in [5.41, 5.74) is 0. The largest absolute Gasteiger partial charge is 0.497 e. The fourth-order valence-electron chi connectivity index (χ4n) is 3.06. The van der Waals surface area contributed by atoms with Gasteiger partial charge >= 0.3 is 0 Å². The summed E-state index contributed by atoms with van der Waals surface area (Å²) in [6.07, 6.45) is 1.31. The molecule has 0 aliphatic carbocycles. The van der Waals surface area contributed by atoms with E-state index in [1.54, 1.807) is 31.4 Å². The molecule has 7 heteroatoms. The van der Waals surface area contributed by atoms with Crippen LogP contribution in [0.25, 0.3) is 0 Å². The van der Waals surface area contributed by atoms with E-state index >= 15 is 0 Å². The summed E-state index contributed by atoms with van der Waals surface area (Å²) in [5.74, 6) is 2.21. The molecule has 146 valence electrons. The van der Waals surface area contributed by atoms with Crippen LogP contribution in [0.2, 0.25) is 0 Å². The van der Waals surface area contributed by atoms with Crippen molar-refractivity contribution in [2.75, 3.05) is 26.8 Å². The van der Waals surface area contributed by atoms with Crippen molar-refractivity contribution < 1.29 is 22.6 Å². The Bertz CT molecular complexity index is 826. The van der Waals surface area contributed by atoms with Crippen molar-refractivity contribution in [3.05, 3.63) is 48.5 Å². The van der Waals surface area contributed by atoms with Crippen LogP contribution in [0.4, 0.5) is 0 Å². The molecule has 1 heterocycles. The molecule has 0 radical (unpaired) electrons. The number of ether oxygens (including phenoxy) is 3. The molecule has 1 aliphatic heterocycles. The van der Waals surface area contributed by atoms with Crippen molar-refractivity contribution in [3.8, 4) is 17.2 Å². The molecular weight excluding hydrogens is 366 g/mol. The van der Waals surface area contributed by atoms with Gasteiger partial charge in [-0.05, 0) is 68.3 Å². The van der Waals surface area contributed by atoms with E-state index in [4.69, 9.17) is 14.2 Å². The van der Waals surface area contributed by atoms with Gasteiger partial charge in [-0.2, -0.15) is 4.31 Å². The molecule has 0 aromatic heterocycles. The molecule has 0 atom stereocenters. The summed E-state index contributed by atoms with van der Waals surface area (Å²) in [5, 5.41) is 0. The van der Waals surface area contributed by atoms with Gasteiger partial charge in [0.1, 0.15) is 23.4 Å². The smallest absolute Gasteiger partial charge is 0.243 e. The summed E-state index contributed by atoms with van der Waals surface area (Å²) in [7, 11) is -1.87. The first kappa shape index (κ1) is 19.5. The minimum atomic E-state index is -3.49. The molecule has 0 saturated carbocycles. The van der Waals surface area contributed by atoms with E-state index in [9.17, 15) is 8.42 Å². The van der Waals surface area contributed by atoms with Crippen molar-refractivity contribution in [1.82, 2.24) is 4.31 Å². The fraction of sp³-hybridized carbons (Fsp3) is 0.400. The van der Waals surface area contributed by atoms with Gasteiger partial charge in [-0.15, -0.1) is 0 Å². The normalized spacial score (nSPS) is 16.1. The molecule has 1 saturated heterocycles. The van der Waals surface area contributed by atoms with Crippen LogP contribution in [0.5, 0.6) is 17.2 Å². The Morgan fingerprint density at radius 3 is 2.04 bits per heavy atom. The molecular formula is C20H25NO5S. The molecule has 2 aromatic rings. The topological polar surface area (TPSA) is 65.1 Å². The van der Waals surface area contributed by atoms with Gasteiger partial charge in [-0.1, -0.05) is 0 Å². The second kappa shape index (κ2) is 8.63. The fourth-order valence-corrected chi connectivity index (χ4v) is 4.53. The first-order chi connectivity index (χ1) is 13.0. The van der Waals surface area contributed by atoms with E-state index < -0.39 is 10.0 Å². The molecule has 0 unspecified atom stereocenters. The molecule has 27 heavy (non-hydrogen) atoms. The molecule has 6 nitrogen and oxygen atoms in total. The Morgan fingerprint density at radius 1 is 0.926 bits per heavy atom. The van der Waals surface area contributed by atoms with Crippen molar-refractivity contribution >= 4 is 10.0 Å². The van der Waals surface area contributed by atoms with Gasteiger partial charge < -0.3 is 14.2 Å². The number of piperidine rings is 1. The standard InChI is InChI=1S/C20H25NO5S/c1-3-25-17-8-10-20(11-9-17)27(22,23)21-14-12-19(13-15-21)26-18-6-4-16(24-2)5-7-18/h4-11,19H,3,12-15H2,1-2H3. The first-order valence-corrected chi connectivity index (χ1v) is 10.5. The minimum absolute atomic E-state index is 0.00479. The lowest BCUT2D eigenvalue weighted by molar-refractivity contribution is 0.135. The van der Waals surface area contributed by atoms with Gasteiger partial charge in [0, 0.05) is 13.1 Å². The second-order valence-electron chi connectivity index (χ2n) is 6.30. The maximum Gasteiger partial charge on any atom is 0.243 e. The number of methoxy groups -OCH3 is 1. The predicted octanol–water partition coefficient (Wildman–Crippen LogP) is 3.33. The van der Waals surface area contributed by atoms with Crippen molar-refractivity contribution in [3.63, 3.8) is 0 Å². The minimum Gasteiger partial charge on any atom is -0.497 e. The Labute approximate surface area is 160 Å². The molecule has 0 N–H and O–H groups in total. The third-order valence-electron chi connectivity index (χ3n) is 4.54. The van der Waals surface area contributed by atoms with Gasteiger partial charge in [0.2, 0.25) is 10.0 Å². The molecule has 1 aliphatic rings. The average molecular weight is 391 g/mol. The maximum absolute atomic E-state index is 12.8. The predicted molar refractivity (Wildman–Crippen MR) is 103 cm³/mol. The summed E-state index contributed by atoms with van der Waals surface area (Å²) in [4.78, 5) is 0.292. The Hall–Kier alpha value is -2.25. The van der Waals surface area contributed by atoms with E-state index in [1.807, 2.05) is 31.2 Å². The monoisotopic (exact) mass is 391 g/mol. The third kappa shape index (κ3) is 4.73. The van der Waals surface area contributed by atoms with E-state index in [1.165, 1.54) is 4.31 Å². The van der Waals surface area contributed by atoms with Crippen LogP contribution in [-0.4, -0.2) is 45.6 Å². The van der Waals surface area contributed by atoms with Gasteiger partial charge in [0.15, 0.2) is 0 Å². The lowest BCUT2D eigenvalue weighted by atomic mass is 10.1. The molecule has 0 bridgehead atoms. The quantitative estimate of drug-likeness (QED) is 0.724. The van der Waals surface area contributed by atoms with Crippen LogP contribution in [0.1, 0.15) is 19.8 Å². The van der Waals surface area contributed by atoms with E-state index in [0.717, 1.165) is 11.5 Å². The highest BCUT2D eigenvalue weighted by atomic mass is 32.2. The van der Waals surface area contributed by atoms with Gasteiger partial charge in [-0.3, -0.25) is 0 Å². The highest BCUT2D eigenvalue weighted by Gasteiger charge is 2.30. The summed E-state index contributed by atoms with van der Waals surface area (Å²) in [6.45, 7) is 3.32. The number of hydrogen-bond donors (Lipinski definition) is 0. The zero-order valence-corrected chi connectivity index (χ0v) is 16.4. The van der Waals surface area contributed by atoms with Crippen LogP contribution >= 0.6 is 0 Å². The zero-order chi connectivity index (χ0) is 19.3. The van der Waals surface area contributed by atoms with Crippen LogP contribution in [0.15, 0.2) is 53.4 Å². The molecule has 0 amide bonds. The number of nitrogens with zero attached hydrogens (tertiary/aromatic N) is 1. The van der Waals surface area contributed by atoms with Crippen LogP contribution in [0.3, 0.4) is 0 Å². The SMILES string of the molecule is CCOc1ccc(S(=O)(=O)N2CCC(Oc3ccc(OC)cc3)CC2)cc1. The van der Waals surface area contributed by atoms with Gasteiger partial charge in [0.25, 0.3) is 0 Å². The lowest BCUT2D eigenvalue weighted by Crippen LogP contribution is -2.41. The number of sulfonamides is 1. The van der Waals surface area contributed by atoms with Gasteiger partial charge in [0.05, 0.1) is 18.6 Å². The molecule has 1 fully saturated rings. The van der Waals surface area contributed by atoms with E-state index in [0.29, 0.717) is 43.2 Å². The highest BCUT2D eigenvalue weighted by molar-refractivity contribution is 7.89. The zero-order valence-electron chi connectivity index (χ0n) is 15.6. The van der Waals surface area contributed by atoms with Crippen molar-refractivity contribution in [2.24, 2.45) is 0 Å². The van der Waals surface area contributed by atoms with Crippen molar-refractivity contribution in [2.45, 2.75) is 30.8 Å². The number of hydrogen-bond acceptors (Lipinski definition) is 5. The first-order valence-electron chi connectivity index (χ1n) is 9.06. The summed E-state index contributed by atoms with van der Waals surface area (Å²) >= 11 is 0. The van der Waals surface area contributed by atoms with Crippen LogP contribution < -0.4 is 14.2 Å². The van der Waals surface area contributed by atoms with Crippen LogP contribution in [0, 0.1) is 0 Å². The highest BCUT2D eigenvalue weighted by Crippen LogP contribution is 2.26. The number of rotatable bonds is 7. The van der Waals surface area contributed by atoms with Crippen LogP contribution in [-0.2, 0) is 10.0 Å². The number of benzene rings is 2. The molecule has 3 rings (SSSR count). The van der Waals surface area contributed by atoms with E-state index in [-0.39, 0.29) is 6.10 Å². The Morgan fingerprint density at radius 2 is 1.48 bits per heavy atom. The Kier molecular flexibility index (Phi) is 6.23. The molecule has 2 aromatic carbocycles. The Balaban J connectivity index is 1.58. The average Bonchev–Trinajstić information content (AvgIpc) is 2.70. The maximum atomic E-state index is 12.8. The van der Waals surface area contributed by atoms with E-state index in [2.05, 4.69) is 0 Å². The molecule has 0 spiro atoms. The summed E-state index contributed by atoms with van der Waals surface area (Å²) in [6, 6.07) is 14.0. The second-order valence-corrected chi connectivity index (χ2v) is 8.24. The van der Waals surface area contributed by atoms with Gasteiger partial charge in [-0.25, -0.2) is 8.42 Å². The van der Waals surface area contributed by atoms with Crippen molar-refractivity contribution in [1.29, 1.82) is 0 Å². The summed E-state index contributed by atoms with van der Waals surface area (Å²) < 4.78 is 43.6.